The number of carbonyl (C=O) groups excluding carboxylic acids is 1. The van der Waals surface area contributed by atoms with Gasteiger partial charge in [0, 0.05) is 12.0 Å². The van der Waals surface area contributed by atoms with Crippen molar-refractivity contribution in [2.45, 2.75) is 45.8 Å². The zero-order valence-corrected chi connectivity index (χ0v) is 13.6. The Morgan fingerprint density at radius 1 is 1.27 bits per heavy atom. The summed E-state index contributed by atoms with van der Waals surface area (Å²) in [6, 6.07) is 7.46. The topological polar surface area (TPSA) is 70.6 Å². The molecule has 1 fully saturated rings. The number of hydrogen-bond donors (Lipinski definition) is 3. The minimum Gasteiger partial charge on any atom is -0.491 e. The molecule has 0 heterocycles. The molecule has 3 N–H and O–H groups in total. The van der Waals surface area contributed by atoms with E-state index in [4.69, 9.17) is 4.74 Å². The highest BCUT2D eigenvalue weighted by Crippen LogP contribution is 2.44. The number of aliphatic hydroxyl groups is 1. The quantitative estimate of drug-likeness (QED) is 0.725. The van der Waals surface area contributed by atoms with E-state index < -0.39 is 0 Å². The number of carbonyl (C=O) groups is 1. The summed E-state index contributed by atoms with van der Waals surface area (Å²) in [6.07, 6.45) is 2.11. The molecular weight excluding hydrogens is 280 g/mol. The van der Waals surface area contributed by atoms with E-state index in [2.05, 4.69) is 10.6 Å². The fourth-order valence-corrected chi connectivity index (χ4v) is 2.27. The maximum Gasteiger partial charge on any atom is 0.315 e. The summed E-state index contributed by atoms with van der Waals surface area (Å²) in [5.41, 5.74) is 0.950. The van der Waals surface area contributed by atoms with Gasteiger partial charge in [0.25, 0.3) is 0 Å². The van der Waals surface area contributed by atoms with Crippen molar-refractivity contribution >= 4 is 6.03 Å². The van der Waals surface area contributed by atoms with Crippen molar-refractivity contribution in [3.8, 4) is 5.75 Å². The summed E-state index contributed by atoms with van der Waals surface area (Å²) < 4.78 is 5.60. The van der Waals surface area contributed by atoms with Crippen LogP contribution in [-0.2, 0) is 0 Å². The Bertz CT molecular complexity index is 495. The van der Waals surface area contributed by atoms with Gasteiger partial charge in [-0.25, -0.2) is 4.79 Å². The van der Waals surface area contributed by atoms with Crippen molar-refractivity contribution in [2.24, 2.45) is 5.41 Å². The molecule has 1 aliphatic rings. The van der Waals surface area contributed by atoms with E-state index in [1.807, 2.05) is 45.0 Å². The lowest BCUT2D eigenvalue weighted by molar-refractivity contribution is 0.202. The number of ether oxygens (including phenoxy) is 1. The van der Waals surface area contributed by atoms with Gasteiger partial charge in [-0.15, -0.1) is 0 Å². The molecule has 22 heavy (non-hydrogen) atoms. The number of hydrogen-bond acceptors (Lipinski definition) is 3. The maximum atomic E-state index is 11.9. The van der Waals surface area contributed by atoms with Gasteiger partial charge < -0.3 is 20.5 Å². The van der Waals surface area contributed by atoms with Gasteiger partial charge in [0.05, 0.1) is 18.8 Å². The number of amides is 2. The Labute approximate surface area is 132 Å². The van der Waals surface area contributed by atoms with Gasteiger partial charge in [-0.05, 0) is 51.3 Å². The number of urea groups is 1. The van der Waals surface area contributed by atoms with Crippen LogP contribution >= 0.6 is 0 Å². The van der Waals surface area contributed by atoms with Crippen LogP contribution in [0.15, 0.2) is 24.3 Å². The van der Waals surface area contributed by atoms with Crippen LogP contribution in [0.3, 0.4) is 0 Å². The summed E-state index contributed by atoms with van der Waals surface area (Å²) in [7, 11) is 0. The second-order valence-corrected chi connectivity index (χ2v) is 6.44. The van der Waals surface area contributed by atoms with E-state index in [-0.39, 0.29) is 30.2 Å². The Hall–Kier alpha value is -1.75. The van der Waals surface area contributed by atoms with Gasteiger partial charge in [0.1, 0.15) is 5.75 Å². The summed E-state index contributed by atoms with van der Waals surface area (Å²) in [4.78, 5) is 11.9. The van der Waals surface area contributed by atoms with Crippen molar-refractivity contribution in [1.29, 1.82) is 0 Å². The van der Waals surface area contributed by atoms with Crippen LogP contribution in [0.1, 0.15) is 45.2 Å². The van der Waals surface area contributed by atoms with Gasteiger partial charge >= 0.3 is 6.03 Å². The predicted molar refractivity (Wildman–Crippen MR) is 85.9 cm³/mol. The molecule has 1 saturated carbocycles. The predicted octanol–water partition coefficient (Wildman–Crippen LogP) is 2.61. The second-order valence-electron chi connectivity index (χ2n) is 6.44. The van der Waals surface area contributed by atoms with Crippen molar-refractivity contribution in [3.05, 3.63) is 29.8 Å². The molecule has 0 radical (unpaired) electrons. The molecule has 2 amide bonds. The molecule has 1 unspecified atom stereocenters. The molecule has 1 aromatic carbocycles. The maximum absolute atomic E-state index is 11.9. The zero-order chi connectivity index (χ0) is 16.2. The Kier molecular flexibility index (Phi) is 5.29. The van der Waals surface area contributed by atoms with Crippen molar-refractivity contribution in [3.63, 3.8) is 0 Å². The second kappa shape index (κ2) is 7.01. The van der Waals surface area contributed by atoms with Crippen molar-refractivity contribution in [1.82, 2.24) is 10.6 Å². The summed E-state index contributed by atoms with van der Waals surface area (Å²) >= 11 is 0. The number of benzene rings is 1. The molecule has 1 aliphatic carbocycles. The third-order valence-corrected chi connectivity index (χ3v) is 4.02. The Morgan fingerprint density at radius 3 is 2.41 bits per heavy atom. The number of rotatable bonds is 7. The van der Waals surface area contributed by atoms with Gasteiger partial charge in [0.15, 0.2) is 0 Å². The Balaban J connectivity index is 1.80. The van der Waals surface area contributed by atoms with Crippen LogP contribution in [0.4, 0.5) is 4.79 Å². The first-order valence-electron chi connectivity index (χ1n) is 7.86. The van der Waals surface area contributed by atoms with E-state index in [1.54, 1.807) is 0 Å². The van der Waals surface area contributed by atoms with E-state index in [0.29, 0.717) is 6.54 Å². The lowest BCUT2D eigenvalue weighted by Gasteiger charge is -2.18. The highest BCUT2D eigenvalue weighted by molar-refractivity contribution is 5.74. The van der Waals surface area contributed by atoms with E-state index in [1.165, 1.54) is 0 Å². The average Bonchev–Trinajstić information content (AvgIpc) is 3.26. The van der Waals surface area contributed by atoms with Crippen LogP contribution < -0.4 is 15.4 Å². The minimum absolute atomic E-state index is 0.0730. The van der Waals surface area contributed by atoms with Crippen LogP contribution in [-0.4, -0.2) is 30.4 Å². The van der Waals surface area contributed by atoms with E-state index in [0.717, 1.165) is 24.2 Å². The first kappa shape index (κ1) is 16.6. The molecule has 122 valence electrons. The molecule has 1 aromatic rings. The van der Waals surface area contributed by atoms with E-state index >= 15 is 0 Å². The van der Waals surface area contributed by atoms with E-state index in [9.17, 15) is 9.90 Å². The van der Waals surface area contributed by atoms with Gasteiger partial charge in [-0.1, -0.05) is 12.1 Å². The molecule has 2 rings (SSSR count). The first-order valence-corrected chi connectivity index (χ1v) is 7.86. The lowest BCUT2D eigenvalue weighted by atomic mass is 10.1. The number of nitrogens with one attached hydrogen (secondary N) is 2. The van der Waals surface area contributed by atoms with Crippen LogP contribution in [0.25, 0.3) is 0 Å². The molecule has 1 atom stereocenters. The van der Waals surface area contributed by atoms with Crippen LogP contribution in [0, 0.1) is 5.41 Å². The minimum atomic E-state index is -0.199. The van der Waals surface area contributed by atoms with Gasteiger partial charge in [0.2, 0.25) is 0 Å². The van der Waals surface area contributed by atoms with Crippen LogP contribution in [0.2, 0.25) is 0 Å². The smallest absolute Gasteiger partial charge is 0.315 e. The molecule has 0 saturated heterocycles. The largest absolute Gasteiger partial charge is 0.491 e. The monoisotopic (exact) mass is 306 g/mol. The fourth-order valence-electron chi connectivity index (χ4n) is 2.27. The highest BCUT2D eigenvalue weighted by Gasteiger charge is 2.42. The molecule has 0 spiro atoms. The van der Waals surface area contributed by atoms with Crippen molar-refractivity contribution < 1.29 is 14.6 Å². The summed E-state index contributed by atoms with van der Waals surface area (Å²) in [5.74, 6) is 0.828. The normalized spacial score (nSPS) is 17.0. The number of aliphatic hydroxyl groups excluding tert-OH is 1. The lowest BCUT2D eigenvalue weighted by Crippen LogP contribution is -2.40. The van der Waals surface area contributed by atoms with Crippen molar-refractivity contribution in [2.75, 3.05) is 13.2 Å². The molecular formula is C17H26N2O3. The van der Waals surface area contributed by atoms with Gasteiger partial charge in [-0.2, -0.15) is 0 Å². The first-order chi connectivity index (χ1) is 10.4. The molecule has 5 heteroatoms. The average molecular weight is 306 g/mol. The SMILES string of the molecule is CC(C)Oc1ccc(C(C)NC(=O)NCC2(CO)CC2)cc1. The standard InChI is InChI=1S/C17H26N2O3/c1-12(2)22-15-6-4-14(5-7-15)13(3)19-16(21)18-10-17(11-20)8-9-17/h4-7,12-13,20H,8-11H2,1-3H3,(H2,18,19,21). The third kappa shape index (κ3) is 4.63. The molecule has 0 bridgehead atoms. The summed E-state index contributed by atoms with van der Waals surface area (Å²) in [6.45, 7) is 6.59. The fraction of sp³-hybridized carbons (Fsp3) is 0.588. The zero-order valence-electron chi connectivity index (χ0n) is 13.6. The van der Waals surface area contributed by atoms with Crippen LogP contribution in [0.5, 0.6) is 5.75 Å². The molecule has 0 aromatic heterocycles. The Morgan fingerprint density at radius 2 is 1.91 bits per heavy atom. The third-order valence-electron chi connectivity index (χ3n) is 4.02. The molecule has 5 nitrogen and oxygen atoms in total. The van der Waals surface area contributed by atoms with Gasteiger partial charge in [-0.3, -0.25) is 0 Å². The highest BCUT2D eigenvalue weighted by atomic mass is 16.5. The molecule has 0 aliphatic heterocycles. The summed E-state index contributed by atoms with van der Waals surface area (Å²) in [5, 5.41) is 15.0.